The molecule has 0 fully saturated rings. The predicted molar refractivity (Wildman–Crippen MR) is 125 cm³/mol. The molecule has 1 N–H and O–H groups in total. The standard InChI is InChI=1S/C28H25NO4/c1-32-22-11-5-7-18(13-22)20-15-25-28(26(30)16-20)24(17-27(31)29-25)19-8-6-12-23(14-19)33-21-9-3-2-4-10-21/h2-14,20,24H,15-17H2,1H3,(H,29,31). The van der Waals surface area contributed by atoms with Crippen molar-refractivity contribution in [3.63, 3.8) is 0 Å². The van der Waals surface area contributed by atoms with E-state index in [0.29, 0.717) is 18.6 Å². The first-order valence-corrected chi connectivity index (χ1v) is 11.1. The maximum Gasteiger partial charge on any atom is 0.225 e. The van der Waals surface area contributed by atoms with Crippen LogP contribution in [0.3, 0.4) is 0 Å². The molecule has 0 saturated carbocycles. The van der Waals surface area contributed by atoms with Gasteiger partial charge >= 0.3 is 0 Å². The Hall–Kier alpha value is -3.86. The summed E-state index contributed by atoms with van der Waals surface area (Å²) in [5.74, 6) is 1.95. The average molecular weight is 440 g/mol. The highest BCUT2D eigenvalue weighted by atomic mass is 16.5. The van der Waals surface area contributed by atoms with Gasteiger partial charge in [-0.1, -0.05) is 42.5 Å². The van der Waals surface area contributed by atoms with E-state index in [1.807, 2.05) is 78.9 Å². The number of rotatable bonds is 5. The number of ketones is 1. The first-order chi connectivity index (χ1) is 16.1. The number of amides is 1. The van der Waals surface area contributed by atoms with Crippen LogP contribution in [0.1, 0.15) is 42.2 Å². The monoisotopic (exact) mass is 439 g/mol. The summed E-state index contributed by atoms with van der Waals surface area (Å²) in [6.07, 6.45) is 1.29. The van der Waals surface area contributed by atoms with Crippen LogP contribution in [0.15, 0.2) is 90.1 Å². The fraction of sp³-hybridized carbons (Fsp3) is 0.214. The Morgan fingerprint density at radius 3 is 2.24 bits per heavy atom. The number of carbonyl (C=O) groups is 2. The highest BCUT2D eigenvalue weighted by Gasteiger charge is 2.38. The van der Waals surface area contributed by atoms with Crippen molar-refractivity contribution in [3.8, 4) is 17.2 Å². The third kappa shape index (κ3) is 4.40. The molecule has 5 heteroatoms. The summed E-state index contributed by atoms with van der Waals surface area (Å²) in [7, 11) is 1.63. The number of hydrogen-bond donors (Lipinski definition) is 1. The van der Waals surface area contributed by atoms with Crippen molar-refractivity contribution in [2.45, 2.75) is 31.1 Å². The van der Waals surface area contributed by atoms with Crippen LogP contribution < -0.4 is 14.8 Å². The van der Waals surface area contributed by atoms with E-state index < -0.39 is 0 Å². The Kier molecular flexibility index (Phi) is 5.69. The van der Waals surface area contributed by atoms with E-state index in [1.54, 1.807) is 7.11 Å². The summed E-state index contributed by atoms with van der Waals surface area (Å²) in [5.41, 5.74) is 3.43. The molecule has 0 spiro atoms. The number of carbonyl (C=O) groups excluding carboxylic acids is 2. The van der Waals surface area contributed by atoms with Crippen LogP contribution >= 0.6 is 0 Å². The summed E-state index contributed by atoms with van der Waals surface area (Å²) in [6, 6.07) is 25.1. The summed E-state index contributed by atoms with van der Waals surface area (Å²) in [5, 5.41) is 2.99. The first-order valence-electron chi connectivity index (χ1n) is 11.1. The SMILES string of the molecule is COc1cccc(C2CC(=O)C3=C(C2)NC(=O)CC3c2cccc(Oc3ccccc3)c2)c1. The number of nitrogens with one attached hydrogen (secondary N) is 1. The smallest absolute Gasteiger partial charge is 0.225 e. The Morgan fingerprint density at radius 2 is 1.45 bits per heavy atom. The number of allylic oxidation sites excluding steroid dienone is 2. The van der Waals surface area contributed by atoms with Gasteiger partial charge in [-0.05, 0) is 59.9 Å². The molecule has 1 heterocycles. The fourth-order valence-electron chi connectivity index (χ4n) is 4.80. The van der Waals surface area contributed by atoms with Gasteiger partial charge < -0.3 is 14.8 Å². The van der Waals surface area contributed by atoms with Gasteiger partial charge in [0.25, 0.3) is 0 Å². The highest BCUT2D eigenvalue weighted by molar-refractivity contribution is 6.02. The summed E-state index contributed by atoms with van der Waals surface area (Å²) in [6.45, 7) is 0. The molecule has 2 atom stereocenters. The Labute approximate surface area is 193 Å². The second-order valence-electron chi connectivity index (χ2n) is 8.49. The minimum Gasteiger partial charge on any atom is -0.497 e. The largest absolute Gasteiger partial charge is 0.497 e. The van der Waals surface area contributed by atoms with E-state index in [1.165, 1.54) is 0 Å². The van der Waals surface area contributed by atoms with Gasteiger partial charge in [0.05, 0.1) is 7.11 Å². The van der Waals surface area contributed by atoms with Crippen molar-refractivity contribution in [2.75, 3.05) is 7.11 Å². The lowest BCUT2D eigenvalue weighted by Gasteiger charge is -2.34. The zero-order valence-corrected chi connectivity index (χ0v) is 18.4. The summed E-state index contributed by atoms with van der Waals surface area (Å²) < 4.78 is 11.3. The molecule has 3 aromatic rings. The molecule has 0 bridgehead atoms. The Balaban J connectivity index is 1.45. The summed E-state index contributed by atoms with van der Waals surface area (Å²) in [4.78, 5) is 26.0. The molecule has 0 aromatic heterocycles. The van der Waals surface area contributed by atoms with E-state index in [9.17, 15) is 9.59 Å². The predicted octanol–water partition coefficient (Wildman–Crippen LogP) is 5.49. The van der Waals surface area contributed by atoms with Crippen molar-refractivity contribution in [2.24, 2.45) is 0 Å². The molecule has 166 valence electrons. The lowest BCUT2D eigenvalue weighted by Crippen LogP contribution is -2.38. The Bertz CT molecular complexity index is 1230. The molecule has 1 aliphatic carbocycles. The molecule has 2 aliphatic rings. The number of benzene rings is 3. The van der Waals surface area contributed by atoms with Gasteiger partial charge in [-0.3, -0.25) is 9.59 Å². The maximum absolute atomic E-state index is 13.4. The second-order valence-corrected chi connectivity index (χ2v) is 8.49. The second kappa shape index (κ2) is 8.94. The number of Topliss-reactive ketones (excluding diaryl/α,β-unsaturated/α-hetero) is 1. The Morgan fingerprint density at radius 1 is 0.758 bits per heavy atom. The normalized spacial score (nSPS) is 20.2. The van der Waals surface area contributed by atoms with Crippen molar-refractivity contribution in [1.82, 2.24) is 5.32 Å². The van der Waals surface area contributed by atoms with Crippen LogP contribution in [-0.4, -0.2) is 18.8 Å². The van der Waals surface area contributed by atoms with Crippen LogP contribution in [0.25, 0.3) is 0 Å². The molecule has 0 saturated heterocycles. The molecule has 3 aromatic carbocycles. The molecule has 0 radical (unpaired) electrons. The quantitative estimate of drug-likeness (QED) is 0.571. The number of methoxy groups -OCH3 is 1. The average Bonchev–Trinajstić information content (AvgIpc) is 2.84. The van der Waals surface area contributed by atoms with Crippen molar-refractivity contribution < 1.29 is 19.1 Å². The molecule has 5 nitrogen and oxygen atoms in total. The van der Waals surface area contributed by atoms with Gasteiger partial charge in [0.15, 0.2) is 5.78 Å². The van der Waals surface area contributed by atoms with E-state index in [2.05, 4.69) is 5.32 Å². The van der Waals surface area contributed by atoms with Crippen molar-refractivity contribution in [3.05, 3.63) is 101 Å². The van der Waals surface area contributed by atoms with E-state index in [4.69, 9.17) is 9.47 Å². The van der Waals surface area contributed by atoms with Gasteiger partial charge in [0.1, 0.15) is 17.2 Å². The lowest BCUT2D eigenvalue weighted by atomic mass is 9.73. The van der Waals surface area contributed by atoms with E-state index in [-0.39, 0.29) is 29.9 Å². The zero-order chi connectivity index (χ0) is 22.8. The lowest BCUT2D eigenvalue weighted by molar-refractivity contribution is -0.122. The third-order valence-corrected chi connectivity index (χ3v) is 6.34. The van der Waals surface area contributed by atoms with Crippen LogP contribution in [0.5, 0.6) is 17.2 Å². The van der Waals surface area contributed by atoms with Crippen LogP contribution in [-0.2, 0) is 9.59 Å². The highest BCUT2D eigenvalue weighted by Crippen LogP contribution is 2.43. The number of ether oxygens (including phenoxy) is 2. The first kappa shape index (κ1) is 21.0. The maximum atomic E-state index is 13.4. The van der Waals surface area contributed by atoms with E-state index in [0.717, 1.165) is 33.9 Å². The van der Waals surface area contributed by atoms with Crippen molar-refractivity contribution in [1.29, 1.82) is 0 Å². The van der Waals surface area contributed by atoms with Crippen LogP contribution in [0.4, 0.5) is 0 Å². The van der Waals surface area contributed by atoms with Gasteiger partial charge in [-0.15, -0.1) is 0 Å². The van der Waals surface area contributed by atoms with Gasteiger partial charge in [-0.2, -0.15) is 0 Å². The number of hydrogen-bond acceptors (Lipinski definition) is 4. The molecule has 5 rings (SSSR count). The minimum absolute atomic E-state index is 0.0122. The van der Waals surface area contributed by atoms with Crippen LogP contribution in [0.2, 0.25) is 0 Å². The fourth-order valence-corrected chi connectivity index (χ4v) is 4.80. The van der Waals surface area contributed by atoms with Gasteiger partial charge in [-0.25, -0.2) is 0 Å². The molecular formula is C28H25NO4. The van der Waals surface area contributed by atoms with Crippen LogP contribution in [0, 0.1) is 0 Å². The molecule has 1 amide bonds. The minimum atomic E-state index is -0.271. The van der Waals surface area contributed by atoms with Gasteiger partial charge in [0.2, 0.25) is 5.91 Å². The summed E-state index contributed by atoms with van der Waals surface area (Å²) >= 11 is 0. The van der Waals surface area contributed by atoms with Crippen molar-refractivity contribution >= 4 is 11.7 Å². The molecule has 33 heavy (non-hydrogen) atoms. The zero-order valence-electron chi connectivity index (χ0n) is 18.4. The molecule has 2 unspecified atom stereocenters. The molecular weight excluding hydrogens is 414 g/mol. The van der Waals surface area contributed by atoms with E-state index >= 15 is 0 Å². The third-order valence-electron chi connectivity index (χ3n) is 6.34. The van der Waals surface area contributed by atoms with Gasteiger partial charge in [0, 0.05) is 30.0 Å². The molecule has 1 aliphatic heterocycles. The number of para-hydroxylation sites is 1. The topological polar surface area (TPSA) is 64.6 Å².